The lowest BCUT2D eigenvalue weighted by molar-refractivity contribution is 0.691. The van der Waals surface area contributed by atoms with Crippen LogP contribution in [0.3, 0.4) is 0 Å². The van der Waals surface area contributed by atoms with Crippen molar-refractivity contribution in [3.8, 4) is 33.9 Å². The van der Waals surface area contributed by atoms with Crippen molar-refractivity contribution in [3.63, 3.8) is 0 Å². The molecule has 50 heavy (non-hydrogen) atoms. The highest BCUT2D eigenvalue weighted by Crippen LogP contribution is 2.39. The molecule has 0 saturated carbocycles. The molecule has 0 radical (unpaired) electrons. The highest BCUT2D eigenvalue weighted by molar-refractivity contribution is 6.15. The summed E-state index contributed by atoms with van der Waals surface area (Å²) in [5, 5.41) is 9.64. The summed E-state index contributed by atoms with van der Waals surface area (Å²) < 4.78 is 0. The summed E-state index contributed by atoms with van der Waals surface area (Å²) in [7, 11) is 0. The molecular formula is C47H31N3. The Morgan fingerprint density at radius 3 is 1.52 bits per heavy atom. The first-order chi connectivity index (χ1) is 24.8. The van der Waals surface area contributed by atoms with Crippen LogP contribution in [0.1, 0.15) is 5.56 Å². The maximum Gasteiger partial charge on any atom is 0.160 e. The summed E-state index contributed by atoms with van der Waals surface area (Å²) in [5.41, 5.74) is 7.16. The van der Waals surface area contributed by atoms with Crippen molar-refractivity contribution in [1.29, 1.82) is 0 Å². The highest BCUT2D eigenvalue weighted by Gasteiger charge is 2.25. The Morgan fingerprint density at radius 2 is 0.920 bits per heavy atom. The Morgan fingerprint density at radius 1 is 0.420 bits per heavy atom. The van der Waals surface area contributed by atoms with E-state index in [-0.39, 0.29) is 5.92 Å². The number of allylic oxidation sites excluding steroid dienone is 5. The Bertz CT molecular complexity index is 2630. The molecule has 1 aromatic heterocycles. The Hall–Kier alpha value is -6.45. The van der Waals surface area contributed by atoms with Gasteiger partial charge in [0, 0.05) is 34.7 Å². The first kappa shape index (κ1) is 28.6. The zero-order valence-corrected chi connectivity index (χ0v) is 27.2. The minimum Gasteiger partial charge on any atom is -0.260 e. The van der Waals surface area contributed by atoms with Crippen LogP contribution in [0.2, 0.25) is 0 Å². The average Bonchev–Trinajstić information content (AvgIpc) is 3.20. The van der Waals surface area contributed by atoms with Gasteiger partial charge in [-0.2, -0.15) is 0 Å². The number of hydrogen-bond donors (Lipinski definition) is 0. The van der Waals surface area contributed by atoms with Crippen LogP contribution in [0, 0.1) is 11.8 Å². The van der Waals surface area contributed by atoms with Crippen LogP contribution in [-0.4, -0.2) is 15.7 Å². The minimum absolute atomic E-state index is 0.240. The van der Waals surface area contributed by atoms with Crippen LogP contribution < -0.4 is 0 Å². The summed E-state index contributed by atoms with van der Waals surface area (Å²) in [5.74, 6) is 1.27. The van der Waals surface area contributed by atoms with Crippen LogP contribution in [0.25, 0.3) is 77.0 Å². The molecule has 0 fully saturated rings. The zero-order valence-electron chi connectivity index (χ0n) is 27.2. The molecule has 0 N–H and O–H groups in total. The van der Waals surface area contributed by atoms with Gasteiger partial charge in [-0.3, -0.25) is 4.99 Å². The van der Waals surface area contributed by atoms with Gasteiger partial charge in [0.2, 0.25) is 0 Å². The van der Waals surface area contributed by atoms with E-state index in [1.807, 2.05) is 6.20 Å². The van der Waals surface area contributed by atoms with Gasteiger partial charge in [-0.1, -0.05) is 152 Å². The predicted molar refractivity (Wildman–Crippen MR) is 209 cm³/mol. The lowest BCUT2D eigenvalue weighted by Crippen LogP contribution is -2.24. The molecule has 0 bridgehead atoms. The van der Waals surface area contributed by atoms with Crippen LogP contribution in [0.15, 0.2) is 181 Å². The number of hydrogen-bond acceptors (Lipinski definition) is 3. The van der Waals surface area contributed by atoms with Crippen molar-refractivity contribution in [3.05, 3.63) is 182 Å². The summed E-state index contributed by atoms with van der Waals surface area (Å²) >= 11 is 0. The van der Waals surface area contributed by atoms with Crippen molar-refractivity contribution in [2.45, 2.75) is 0 Å². The van der Waals surface area contributed by atoms with E-state index in [0.717, 1.165) is 39.4 Å². The van der Waals surface area contributed by atoms with E-state index in [1.54, 1.807) is 0 Å². The second-order valence-electron chi connectivity index (χ2n) is 13.1. The fraction of sp³-hybridized carbons (Fsp3) is 0.0426. The number of benzene rings is 7. The van der Waals surface area contributed by atoms with E-state index in [4.69, 9.17) is 15.0 Å². The quantitative estimate of drug-likeness (QED) is 0.180. The second kappa shape index (κ2) is 11.6. The largest absolute Gasteiger partial charge is 0.260 e. The smallest absolute Gasteiger partial charge is 0.160 e. The number of nitrogens with zero attached hydrogens (tertiary/aromatic N) is 3. The normalized spacial score (nSPS) is 16.7. The fourth-order valence-electron chi connectivity index (χ4n) is 7.83. The molecule has 0 amide bonds. The molecule has 2 unspecified atom stereocenters. The molecule has 7 aromatic carbocycles. The molecule has 3 nitrogen and oxygen atoms in total. The maximum absolute atomic E-state index is 5.33. The third-order valence-corrected chi connectivity index (χ3v) is 10.3. The molecule has 3 heteroatoms. The topological polar surface area (TPSA) is 38.1 Å². The molecule has 2 aliphatic rings. The second-order valence-corrected chi connectivity index (χ2v) is 13.1. The summed E-state index contributed by atoms with van der Waals surface area (Å²) in [6.07, 6.45) is 12.9. The van der Waals surface area contributed by atoms with Gasteiger partial charge in [0.25, 0.3) is 0 Å². The Labute approximate surface area is 290 Å². The van der Waals surface area contributed by atoms with Crippen LogP contribution in [-0.2, 0) is 0 Å². The molecule has 1 aliphatic carbocycles. The molecule has 0 saturated heterocycles. The first-order valence-electron chi connectivity index (χ1n) is 17.2. The molecule has 1 aliphatic heterocycles. The Balaban J connectivity index is 1.20. The minimum atomic E-state index is 0.240. The van der Waals surface area contributed by atoms with Gasteiger partial charge in [-0.05, 0) is 66.9 Å². The third-order valence-electron chi connectivity index (χ3n) is 10.3. The highest BCUT2D eigenvalue weighted by atomic mass is 14.9. The lowest BCUT2D eigenvalue weighted by Gasteiger charge is -2.26. The third kappa shape index (κ3) is 4.70. The number of fused-ring (bicyclic) bond motifs is 7. The SMILES string of the molecule is C1=CC2C=CN=C(c3ccc(-c4nc(-c5cc6ccccc6c6ccccc56)cc(-c5cc6ccccc6c6ccccc56)n4)cc3)C2C=C1. The van der Waals surface area contributed by atoms with Gasteiger partial charge in [0.05, 0.1) is 17.1 Å². The van der Waals surface area contributed by atoms with E-state index >= 15 is 0 Å². The van der Waals surface area contributed by atoms with Gasteiger partial charge in [-0.15, -0.1) is 0 Å². The van der Waals surface area contributed by atoms with E-state index < -0.39 is 0 Å². The molecule has 0 spiro atoms. The number of rotatable bonds is 4. The maximum atomic E-state index is 5.33. The average molecular weight is 638 g/mol. The molecule has 234 valence electrons. The zero-order chi connectivity index (χ0) is 33.0. The first-order valence-corrected chi connectivity index (χ1v) is 17.2. The van der Waals surface area contributed by atoms with E-state index in [2.05, 4.69) is 170 Å². The van der Waals surface area contributed by atoms with Crippen molar-refractivity contribution in [2.75, 3.05) is 0 Å². The molecule has 8 aromatic rings. The molecule has 10 rings (SSSR count). The monoisotopic (exact) mass is 637 g/mol. The van der Waals surface area contributed by atoms with Crippen molar-refractivity contribution >= 4 is 48.8 Å². The van der Waals surface area contributed by atoms with Crippen molar-refractivity contribution < 1.29 is 0 Å². The Kier molecular flexibility index (Phi) is 6.63. The van der Waals surface area contributed by atoms with Crippen LogP contribution in [0.5, 0.6) is 0 Å². The standard InChI is InChI=1S/C47H31N3/c1-6-16-37-30(11-1)25-26-48-46(37)31-21-23-32(24-22-31)47-49-44(42-27-33-12-2-4-14-35(33)38-17-7-9-19-40(38)42)29-45(50-47)43-28-34-13-3-5-15-36(34)39-18-8-10-20-41(39)43/h1-30,37H. The summed E-state index contributed by atoms with van der Waals surface area (Å²) in [6.45, 7) is 0. The fourth-order valence-corrected chi connectivity index (χ4v) is 7.83. The van der Waals surface area contributed by atoms with E-state index in [9.17, 15) is 0 Å². The van der Waals surface area contributed by atoms with Crippen molar-refractivity contribution in [2.24, 2.45) is 16.8 Å². The van der Waals surface area contributed by atoms with Gasteiger partial charge in [0.1, 0.15) is 0 Å². The summed E-state index contributed by atoms with van der Waals surface area (Å²) in [6, 6.07) is 49.9. The predicted octanol–water partition coefficient (Wildman–Crippen LogP) is 11.8. The van der Waals surface area contributed by atoms with Crippen LogP contribution >= 0.6 is 0 Å². The van der Waals surface area contributed by atoms with Crippen LogP contribution in [0.4, 0.5) is 0 Å². The van der Waals surface area contributed by atoms with E-state index in [0.29, 0.717) is 11.7 Å². The molecule has 2 heterocycles. The summed E-state index contributed by atoms with van der Waals surface area (Å²) in [4.78, 5) is 15.5. The number of aliphatic imine (C=N–C) groups is 1. The van der Waals surface area contributed by atoms with Crippen molar-refractivity contribution in [1.82, 2.24) is 9.97 Å². The van der Waals surface area contributed by atoms with Gasteiger partial charge < -0.3 is 0 Å². The van der Waals surface area contributed by atoms with E-state index in [1.165, 1.54) is 43.1 Å². The van der Waals surface area contributed by atoms with Gasteiger partial charge in [-0.25, -0.2) is 9.97 Å². The van der Waals surface area contributed by atoms with Gasteiger partial charge >= 0.3 is 0 Å². The molecular weight excluding hydrogens is 607 g/mol. The number of aromatic nitrogens is 2. The lowest BCUT2D eigenvalue weighted by atomic mass is 9.81. The molecule has 2 atom stereocenters. The van der Waals surface area contributed by atoms with Gasteiger partial charge in [0.15, 0.2) is 5.82 Å².